The fourth-order valence-corrected chi connectivity index (χ4v) is 5.42. The van der Waals surface area contributed by atoms with Crippen molar-refractivity contribution in [2.24, 2.45) is 23.7 Å². The van der Waals surface area contributed by atoms with Crippen molar-refractivity contribution in [1.82, 2.24) is 0 Å². The largest absolute Gasteiger partial charge is 0.872 e. The summed E-state index contributed by atoms with van der Waals surface area (Å²) in [6, 6.07) is 5.80. The van der Waals surface area contributed by atoms with Crippen molar-refractivity contribution in [3.05, 3.63) is 41.2 Å². The van der Waals surface area contributed by atoms with Crippen LogP contribution in [0.5, 0.6) is 23.0 Å². The van der Waals surface area contributed by atoms with Gasteiger partial charge in [0.2, 0.25) is 0 Å². The summed E-state index contributed by atoms with van der Waals surface area (Å²) >= 11 is 0. The number of carbonyl (C=O) groups excluding carboxylic acids is 1. The van der Waals surface area contributed by atoms with Gasteiger partial charge in [-0.2, -0.15) is 0 Å². The molecule has 8 heteroatoms. The van der Waals surface area contributed by atoms with Gasteiger partial charge < -0.3 is 35.3 Å². The fourth-order valence-electron chi connectivity index (χ4n) is 5.42. The van der Waals surface area contributed by atoms with Crippen molar-refractivity contribution in [2.75, 3.05) is 36.0 Å². The highest BCUT2D eigenvalue weighted by Gasteiger charge is 2.45. The first-order valence-corrected chi connectivity index (χ1v) is 14.2. The van der Waals surface area contributed by atoms with Crippen LogP contribution in [0.15, 0.2) is 30.0 Å². The standard InChI is InChI=1S/C32H46N2O6/c1-17(2)13-33(14-18(3)4)21-9-23(35)27(24(36)10-21)29-31(39)30(32(29)40)28-25(37)11-22(12-26(28)38)34(15-19(5)6)16-20(7)8/h9-12,17-20,29,35-39H,13-16H2,1-8H3/p-1. The van der Waals surface area contributed by atoms with E-state index in [2.05, 4.69) is 60.3 Å². The van der Waals surface area contributed by atoms with Crippen LogP contribution in [0.4, 0.5) is 11.4 Å². The third-order valence-electron chi connectivity index (χ3n) is 6.84. The molecule has 0 radical (unpaired) electrons. The van der Waals surface area contributed by atoms with Crippen LogP contribution in [-0.4, -0.2) is 52.4 Å². The SMILES string of the molecule is CC(C)CN(CC(C)C)c1cc(O)c(C2=C(O)C(c3c([O-])cc(N(CC(C)C)CC(C)C)cc3O)C2=O)c(O)c1. The van der Waals surface area contributed by atoms with E-state index < -0.39 is 23.2 Å². The minimum absolute atomic E-state index is 0.180. The van der Waals surface area contributed by atoms with E-state index in [-0.39, 0.29) is 33.9 Å². The molecule has 0 aromatic heterocycles. The molecular formula is C32H45N2O6-. The Bertz CT molecular complexity index is 1200. The van der Waals surface area contributed by atoms with Crippen molar-refractivity contribution >= 4 is 22.7 Å². The maximum atomic E-state index is 13.3. The van der Waals surface area contributed by atoms with Gasteiger partial charge in [-0.15, -0.1) is 0 Å². The number of phenolic OH excluding ortho intramolecular Hbond substituents is 3. The zero-order chi connectivity index (χ0) is 30.0. The van der Waals surface area contributed by atoms with Gasteiger partial charge in [-0.3, -0.25) is 4.79 Å². The number of allylic oxidation sites excluding steroid dienone is 2. The molecule has 220 valence electrons. The first kappa shape index (κ1) is 31.0. The summed E-state index contributed by atoms with van der Waals surface area (Å²) < 4.78 is 0. The molecule has 8 nitrogen and oxygen atoms in total. The number of anilines is 2. The highest BCUT2D eigenvalue weighted by atomic mass is 16.3. The Morgan fingerprint density at radius 1 is 0.675 bits per heavy atom. The molecule has 1 atom stereocenters. The van der Waals surface area contributed by atoms with Crippen molar-refractivity contribution < 1.29 is 30.3 Å². The van der Waals surface area contributed by atoms with E-state index in [1.165, 1.54) is 24.3 Å². The van der Waals surface area contributed by atoms with Gasteiger partial charge in [0.25, 0.3) is 0 Å². The van der Waals surface area contributed by atoms with E-state index in [4.69, 9.17) is 0 Å². The van der Waals surface area contributed by atoms with E-state index in [1.807, 2.05) is 4.90 Å². The second-order valence-corrected chi connectivity index (χ2v) is 12.7. The summed E-state index contributed by atoms with van der Waals surface area (Å²) in [7, 11) is 0. The lowest BCUT2D eigenvalue weighted by Crippen LogP contribution is -2.32. The minimum Gasteiger partial charge on any atom is -0.872 e. The Kier molecular flexibility index (Phi) is 9.54. The van der Waals surface area contributed by atoms with Gasteiger partial charge in [0.1, 0.15) is 28.9 Å². The van der Waals surface area contributed by atoms with Crippen LogP contribution in [0.1, 0.15) is 72.4 Å². The van der Waals surface area contributed by atoms with E-state index in [0.717, 1.165) is 0 Å². The number of aromatic hydroxyl groups is 3. The first-order valence-electron chi connectivity index (χ1n) is 14.2. The molecule has 3 rings (SSSR count). The van der Waals surface area contributed by atoms with Crippen molar-refractivity contribution in [1.29, 1.82) is 0 Å². The number of ketones is 1. The van der Waals surface area contributed by atoms with E-state index in [0.29, 0.717) is 61.2 Å². The number of rotatable bonds is 12. The molecule has 2 aromatic carbocycles. The molecular weight excluding hydrogens is 508 g/mol. The first-order chi connectivity index (χ1) is 18.6. The quantitative estimate of drug-likeness (QED) is 0.262. The van der Waals surface area contributed by atoms with Crippen molar-refractivity contribution in [3.63, 3.8) is 0 Å². The number of Topliss-reactive ketones (excluding diaryl/α,β-unsaturated/α-hetero) is 1. The Morgan fingerprint density at radius 3 is 1.40 bits per heavy atom. The molecule has 2 aromatic rings. The molecule has 0 saturated carbocycles. The number of benzene rings is 2. The van der Waals surface area contributed by atoms with Crippen LogP contribution in [0, 0.1) is 23.7 Å². The van der Waals surface area contributed by atoms with Gasteiger partial charge in [-0.1, -0.05) is 61.1 Å². The molecule has 4 N–H and O–H groups in total. The van der Waals surface area contributed by atoms with Gasteiger partial charge in [-0.25, -0.2) is 0 Å². The highest BCUT2D eigenvalue weighted by molar-refractivity contribution is 6.33. The maximum absolute atomic E-state index is 13.3. The van der Waals surface area contributed by atoms with Gasteiger partial charge in [0.05, 0.1) is 11.1 Å². The zero-order valence-electron chi connectivity index (χ0n) is 25.0. The van der Waals surface area contributed by atoms with Crippen LogP contribution in [0.2, 0.25) is 0 Å². The highest BCUT2D eigenvalue weighted by Crippen LogP contribution is 2.52. The lowest BCUT2D eigenvalue weighted by atomic mass is 9.74. The number of aliphatic hydroxyl groups excluding tert-OH is 1. The Hall–Kier alpha value is -3.55. The number of hydrogen-bond donors (Lipinski definition) is 4. The van der Waals surface area contributed by atoms with E-state index in [9.17, 15) is 30.3 Å². The number of hydrogen-bond acceptors (Lipinski definition) is 8. The Labute approximate surface area is 238 Å². The zero-order valence-corrected chi connectivity index (χ0v) is 25.0. The molecule has 40 heavy (non-hydrogen) atoms. The lowest BCUT2D eigenvalue weighted by Gasteiger charge is -2.34. The summed E-state index contributed by atoms with van der Waals surface area (Å²) in [4.78, 5) is 17.4. The molecule has 0 saturated heterocycles. The molecule has 0 heterocycles. The van der Waals surface area contributed by atoms with Crippen LogP contribution in [-0.2, 0) is 4.79 Å². The summed E-state index contributed by atoms with van der Waals surface area (Å²) in [6.07, 6.45) is 0. The average molecular weight is 554 g/mol. The Morgan fingerprint density at radius 2 is 1.05 bits per heavy atom. The number of carbonyl (C=O) groups is 1. The maximum Gasteiger partial charge on any atom is 0.182 e. The molecule has 1 aliphatic rings. The van der Waals surface area contributed by atoms with Gasteiger partial charge in [0.15, 0.2) is 5.78 Å². The minimum atomic E-state index is -1.36. The number of phenols is 3. The summed E-state index contributed by atoms with van der Waals surface area (Å²) in [5.74, 6) is -2.77. The summed E-state index contributed by atoms with van der Waals surface area (Å²) in [5.41, 5.74) is 0.518. The predicted octanol–water partition coefficient (Wildman–Crippen LogP) is 5.75. The van der Waals surface area contributed by atoms with E-state index in [1.54, 1.807) is 0 Å². The molecule has 0 amide bonds. The van der Waals surface area contributed by atoms with Gasteiger partial charge in [0, 0.05) is 61.3 Å². The molecule has 1 unspecified atom stereocenters. The molecule has 0 aliphatic heterocycles. The van der Waals surface area contributed by atoms with Crippen LogP contribution in [0.3, 0.4) is 0 Å². The number of nitrogens with zero attached hydrogens (tertiary/aromatic N) is 2. The van der Waals surface area contributed by atoms with Crippen LogP contribution < -0.4 is 14.9 Å². The normalized spacial score (nSPS) is 15.5. The monoisotopic (exact) mass is 553 g/mol. The average Bonchev–Trinajstić information content (AvgIpc) is 2.81. The third kappa shape index (κ3) is 6.60. The lowest BCUT2D eigenvalue weighted by molar-refractivity contribution is -0.269. The fraction of sp³-hybridized carbons (Fsp3) is 0.531. The van der Waals surface area contributed by atoms with Gasteiger partial charge >= 0.3 is 0 Å². The van der Waals surface area contributed by atoms with Crippen molar-refractivity contribution in [3.8, 4) is 23.0 Å². The number of aliphatic hydroxyl groups is 1. The van der Waals surface area contributed by atoms with Gasteiger partial charge in [-0.05, 0) is 29.7 Å². The molecule has 0 fully saturated rings. The topological polar surface area (TPSA) is 128 Å². The molecule has 1 aliphatic carbocycles. The summed E-state index contributed by atoms with van der Waals surface area (Å²) in [5, 5.41) is 56.7. The molecule has 0 bridgehead atoms. The Balaban J connectivity index is 1.99. The second kappa shape index (κ2) is 12.3. The van der Waals surface area contributed by atoms with Crippen molar-refractivity contribution in [2.45, 2.75) is 61.3 Å². The summed E-state index contributed by atoms with van der Waals surface area (Å²) in [6.45, 7) is 19.4. The smallest absolute Gasteiger partial charge is 0.182 e. The second-order valence-electron chi connectivity index (χ2n) is 12.7. The van der Waals surface area contributed by atoms with Crippen LogP contribution in [0.25, 0.3) is 5.57 Å². The van der Waals surface area contributed by atoms with Crippen LogP contribution >= 0.6 is 0 Å². The van der Waals surface area contributed by atoms with E-state index >= 15 is 0 Å². The third-order valence-corrected chi connectivity index (χ3v) is 6.84. The predicted molar refractivity (Wildman–Crippen MR) is 158 cm³/mol. The molecule has 0 spiro atoms.